The van der Waals surface area contributed by atoms with Gasteiger partial charge in [-0.15, -0.1) is 0 Å². The van der Waals surface area contributed by atoms with Crippen LogP contribution in [0.25, 0.3) is 0 Å². The van der Waals surface area contributed by atoms with Gasteiger partial charge >= 0.3 is 0 Å². The summed E-state index contributed by atoms with van der Waals surface area (Å²) in [5, 5.41) is 9.28. The summed E-state index contributed by atoms with van der Waals surface area (Å²) in [4.78, 5) is 19.4. The van der Waals surface area contributed by atoms with Gasteiger partial charge in [0, 0.05) is 26.6 Å². The fraction of sp³-hybridized carbons (Fsp3) is 0.389. The van der Waals surface area contributed by atoms with Gasteiger partial charge in [-0.05, 0) is 30.9 Å². The van der Waals surface area contributed by atoms with Gasteiger partial charge in [0.15, 0.2) is 0 Å². The molecule has 1 aliphatic rings. The quantitative estimate of drug-likeness (QED) is 0.872. The Morgan fingerprint density at radius 2 is 1.96 bits per heavy atom. The van der Waals surface area contributed by atoms with Crippen molar-refractivity contribution in [2.75, 3.05) is 18.0 Å². The van der Waals surface area contributed by atoms with Gasteiger partial charge in [-0.1, -0.05) is 18.2 Å². The van der Waals surface area contributed by atoms with E-state index in [0.717, 1.165) is 37.3 Å². The molecule has 2 heterocycles. The molecule has 0 radical (unpaired) electrons. The van der Waals surface area contributed by atoms with E-state index in [0.29, 0.717) is 17.5 Å². The van der Waals surface area contributed by atoms with Crippen molar-refractivity contribution in [3.05, 3.63) is 57.6 Å². The second kappa shape index (κ2) is 6.66. The maximum atomic E-state index is 12.6. The third-order valence-electron chi connectivity index (χ3n) is 4.36. The number of rotatable bonds is 3. The Morgan fingerprint density at radius 3 is 2.70 bits per heavy atom. The first-order valence-corrected chi connectivity index (χ1v) is 7.98. The van der Waals surface area contributed by atoms with Crippen LogP contribution in [-0.2, 0) is 13.5 Å². The highest BCUT2D eigenvalue weighted by Gasteiger charge is 2.20. The van der Waals surface area contributed by atoms with Gasteiger partial charge in [-0.3, -0.25) is 4.79 Å². The van der Waals surface area contributed by atoms with Crippen molar-refractivity contribution in [3.63, 3.8) is 0 Å². The number of nitriles is 1. The summed E-state index contributed by atoms with van der Waals surface area (Å²) in [5.41, 5.74) is 2.13. The van der Waals surface area contributed by atoms with Crippen LogP contribution in [0.1, 0.15) is 36.0 Å². The Kier molecular flexibility index (Phi) is 4.42. The van der Waals surface area contributed by atoms with Crippen molar-refractivity contribution >= 4 is 5.82 Å². The largest absolute Gasteiger partial charge is 0.356 e. The summed E-state index contributed by atoms with van der Waals surface area (Å²) in [7, 11) is 1.72. The summed E-state index contributed by atoms with van der Waals surface area (Å²) in [6.45, 7) is 1.88. The first-order valence-electron chi connectivity index (χ1n) is 7.98. The van der Waals surface area contributed by atoms with Crippen molar-refractivity contribution in [3.8, 4) is 6.07 Å². The van der Waals surface area contributed by atoms with Crippen molar-refractivity contribution in [1.82, 2.24) is 9.55 Å². The lowest BCUT2D eigenvalue weighted by atomic mass is 10.0. The summed E-state index contributed by atoms with van der Waals surface area (Å²) in [6.07, 6.45) is 5.52. The standard InChI is InChI=1S/C18H20N4O/c1-21-13-20-17(22-9-5-2-6-10-22)16(18(21)23)11-14-7-3-4-8-15(14)12-19/h3-4,7-8,13H,2,5-6,9-11H2,1H3. The summed E-state index contributed by atoms with van der Waals surface area (Å²) >= 11 is 0. The average Bonchev–Trinajstić information content (AvgIpc) is 2.60. The van der Waals surface area contributed by atoms with E-state index in [-0.39, 0.29) is 5.56 Å². The highest BCUT2D eigenvalue weighted by atomic mass is 16.1. The minimum absolute atomic E-state index is 0.0340. The molecule has 23 heavy (non-hydrogen) atoms. The molecule has 2 aromatic rings. The van der Waals surface area contributed by atoms with Gasteiger partial charge in [-0.2, -0.15) is 5.26 Å². The lowest BCUT2D eigenvalue weighted by Crippen LogP contribution is -2.34. The molecule has 0 N–H and O–H groups in total. The zero-order valence-electron chi connectivity index (χ0n) is 13.3. The Labute approximate surface area is 135 Å². The van der Waals surface area contributed by atoms with Crippen molar-refractivity contribution in [2.45, 2.75) is 25.7 Å². The van der Waals surface area contributed by atoms with Gasteiger partial charge in [-0.25, -0.2) is 4.98 Å². The number of hydrogen-bond acceptors (Lipinski definition) is 4. The number of benzene rings is 1. The fourth-order valence-corrected chi connectivity index (χ4v) is 3.09. The van der Waals surface area contributed by atoms with Crippen LogP contribution in [0.2, 0.25) is 0 Å². The third kappa shape index (κ3) is 3.11. The molecule has 1 aromatic carbocycles. The molecule has 5 nitrogen and oxygen atoms in total. The normalized spacial score (nSPS) is 14.5. The minimum Gasteiger partial charge on any atom is -0.356 e. The molecule has 5 heteroatoms. The maximum absolute atomic E-state index is 12.6. The topological polar surface area (TPSA) is 61.9 Å². The summed E-state index contributed by atoms with van der Waals surface area (Å²) in [6, 6.07) is 9.64. The van der Waals surface area contributed by atoms with Crippen LogP contribution >= 0.6 is 0 Å². The van der Waals surface area contributed by atoms with Gasteiger partial charge in [0.25, 0.3) is 5.56 Å². The van der Waals surface area contributed by atoms with Crippen LogP contribution in [0.3, 0.4) is 0 Å². The number of aryl methyl sites for hydroxylation is 1. The van der Waals surface area contributed by atoms with E-state index < -0.39 is 0 Å². The van der Waals surface area contributed by atoms with E-state index >= 15 is 0 Å². The first kappa shape index (κ1) is 15.3. The summed E-state index contributed by atoms with van der Waals surface area (Å²) in [5.74, 6) is 0.778. The van der Waals surface area contributed by atoms with E-state index in [1.807, 2.05) is 18.2 Å². The fourth-order valence-electron chi connectivity index (χ4n) is 3.09. The predicted molar refractivity (Wildman–Crippen MR) is 89.5 cm³/mol. The highest BCUT2D eigenvalue weighted by Crippen LogP contribution is 2.22. The highest BCUT2D eigenvalue weighted by molar-refractivity contribution is 5.50. The van der Waals surface area contributed by atoms with E-state index in [4.69, 9.17) is 0 Å². The molecule has 0 spiro atoms. The van der Waals surface area contributed by atoms with Gasteiger partial charge in [0.2, 0.25) is 0 Å². The zero-order valence-corrected chi connectivity index (χ0v) is 13.3. The maximum Gasteiger partial charge on any atom is 0.258 e. The number of hydrogen-bond donors (Lipinski definition) is 0. The number of anilines is 1. The Balaban J connectivity index is 2.05. The second-order valence-electron chi connectivity index (χ2n) is 5.96. The second-order valence-corrected chi connectivity index (χ2v) is 5.96. The monoisotopic (exact) mass is 308 g/mol. The Morgan fingerprint density at radius 1 is 1.22 bits per heavy atom. The number of piperidine rings is 1. The van der Waals surface area contributed by atoms with Gasteiger partial charge < -0.3 is 9.47 Å². The molecule has 0 aliphatic carbocycles. The molecule has 1 fully saturated rings. The first-order chi connectivity index (χ1) is 11.2. The molecule has 0 unspecified atom stereocenters. The molecule has 1 aromatic heterocycles. The van der Waals surface area contributed by atoms with Crippen LogP contribution in [0, 0.1) is 11.3 Å². The van der Waals surface area contributed by atoms with Crippen LogP contribution in [0.15, 0.2) is 35.4 Å². The molecule has 0 atom stereocenters. The zero-order chi connectivity index (χ0) is 16.2. The average molecular weight is 308 g/mol. The molecular weight excluding hydrogens is 288 g/mol. The van der Waals surface area contributed by atoms with E-state index in [1.54, 1.807) is 19.4 Å². The SMILES string of the molecule is Cn1cnc(N2CCCCC2)c(Cc2ccccc2C#N)c1=O. The van der Waals surface area contributed by atoms with E-state index in [1.165, 1.54) is 11.0 Å². The Hall–Kier alpha value is -2.61. The van der Waals surface area contributed by atoms with Crippen molar-refractivity contribution in [2.24, 2.45) is 7.05 Å². The van der Waals surface area contributed by atoms with Crippen LogP contribution < -0.4 is 10.5 Å². The van der Waals surface area contributed by atoms with E-state index in [9.17, 15) is 10.1 Å². The van der Waals surface area contributed by atoms with E-state index in [2.05, 4.69) is 16.0 Å². The smallest absolute Gasteiger partial charge is 0.258 e. The molecule has 118 valence electrons. The molecule has 0 amide bonds. The summed E-state index contributed by atoms with van der Waals surface area (Å²) < 4.78 is 1.51. The van der Waals surface area contributed by atoms with Crippen LogP contribution in [0.5, 0.6) is 0 Å². The molecular formula is C18H20N4O. The molecule has 3 rings (SSSR count). The van der Waals surface area contributed by atoms with Crippen LogP contribution in [0.4, 0.5) is 5.82 Å². The lowest BCUT2D eigenvalue weighted by Gasteiger charge is -2.29. The van der Waals surface area contributed by atoms with Gasteiger partial charge in [0.05, 0.1) is 23.5 Å². The third-order valence-corrected chi connectivity index (χ3v) is 4.36. The molecule has 1 aliphatic heterocycles. The minimum atomic E-state index is -0.0340. The number of aromatic nitrogens is 2. The molecule has 0 bridgehead atoms. The van der Waals surface area contributed by atoms with Gasteiger partial charge in [0.1, 0.15) is 5.82 Å². The molecule has 1 saturated heterocycles. The van der Waals surface area contributed by atoms with Crippen LogP contribution in [-0.4, -0.2) is 22.6 Å². The lowest BCUT2D eigenvalue weighted by molar-refractivity contribution is 0.569. The number of nitrogens with zero attached hydrogens (tertiary/aromatic N) is 4. The Bertz CT molecular complexity index is 797. The van der Waals surface area contributed by atoms with Crippen molar-refractivity contribution in [1.29, 1.82) is 5.26 Å². The predicted octanol–water partition coefficient (Wildman–Crippen LogP) is 2.23. The molecule has 0 saturated carbocycles. The van der Waals surface area contributed by atoms with Crippen molar-refractivity contribution < 1.29 is 0 Å².